The van der Waals surface area contributed by atoms with Crippen molar-refractivity contribution in [2.45, 2.75) is 39.8 Å². The van der Waals surface area contributed by atoms with E-state index in [1.807, 2.05) is 13.8 Å². The van der Waals surface area contributed by atoms with E-state index in [0.29, 0.717) is 35.0 Å². The van der Waals surface area contributed by atoms with Crippen molar-refractivity contribution in [1.29, 1.82) is 0 Å². The highest BCUT2D eigenvalue weighted by molar-refractivity contribution is 6.51. The molecule has 0 spiro atoms. The summed E-state index contributed by atoms with van der Waals surface area (Å²) < 4.78 is 44.8. The third-order valence-corrected chi connectivity index (χ3v) is 6.24. The number of carbonyl (C=O) groups is 2. The molecule has 3 aromatic rings. The number of methoxy groups -OCH3 is 1. The Balaban J connectivity index is 1.94. The van der Waals surface area contributed by atoms with Crippen LogP contribution in [0.2, 0.25) is 0 Å². The van der Waals surface area contributed by atoms with E-state index in [1.54, 1.807) is 50.2 Å². The van der Waals surface area contributed by atoms with Crippen LogP contribution >= 0.6 is 0 Å². The topological polar surface area (TPSA) is 85.3 Å². The molecule has 1 heterocycles. The summed E-state index contributed by atoms with van der Waals surface area (Å²) in [6.07, 6.45) is -0.0702. The summed E-state index contributed by atoms with van der Waals surface area (Å²) >= 11 is 0. The lowest BCUT2D eigenvalue weighted by Gasteiger charge is -2.26. The molecule has 0 radical (unpaired) electrons. The maximum absolute atomic E-state index is 14.2. The molecule has 39 heavy (non-hydrogen) atoms. The molecule has 0 bridgehead atoms. The summed E-state index contributed by atoms with van der Waals surface area (Å²) in [5, 5.41) is 11.4. The van der Waals surface area contributed by atoms with Gasteiger partial charge in [0.1, 0.15) is 11.5 Å². The standard InChI is InChI=1S/C30H29F2NO6/c1-6-38-25-14-18(7-12-24(25)37-5)27-26(28(34)19-8-11-23(17(4)13-19)39-16(2)3)29(35)30(36)33(27)20-9-10-21(31)22(32)15-20/h7-16,27,34H,6H2,1-5H3/b28-26+. The number of Topliss-reactive ketones (excluding diaryl/α,β-unsaturated/α-hetero) is 1. The second-order valence-electron chi connectivity index (χ2n) is 9.26. The quantitative estimate of drug-likeness (QED) is 0.213. The summed E-state index contributed by atoms with van der Waals surface area (Å²) in [5.41, 5.74) is 1.12. The molecule has 1 saturated heterocycles. The van der Waals surface area contributed by atoms with Crippen molar-refractivity contribution in [3.63, 3.8) is 0 Å². The Hall–Kier alpha value is -4.40. The third kappa shape index (κ3) is 5.30. The Morgan fingerprint density at radius 3 is 2.31 bits per heavy atom. The van der Waals surface area contributed by atoms with E-state index in [1.165, 1.54) is 13.2 Å². The minimum absolute atomic E-state index is 0.0503. The van der Waals surface area contributed by atoms with Gasteiger partial charge in [-0.3, -0.25) is 14.5 Å². The molecule has 0 aromatic heterocycles. The molecule has 0 saturated carbocycles. The predicted molar refractivity (Wildman–Crippen MR) is 142 cm³/mol. The van der Waals surface area contributed by atoms with Gasteiger partial charge in [-0.05, 0) is 81.3 Å². The monoisotopic (exact) mass is 537 g/mol. The summed E-state index contributed by atoms with van der Waals surface area (Å²) in [5.74, 6) is -3.31. The lowest BCUT2D eigenvalue weighted by Crippen LogP contribution is -2.29. The number of ether oxygens (including phenoxy) is 3. The van der Waals surface area contributed by atoms with Crippen molar-refractivity contribution in [1.82, 2.24) is 0 Å². The fraction of sp³-hybridized carbons (Fsp3) is 0.267. The molecule has 1 aliphatic heterocycles. The molecule has 4 rings (SSSR count). The first-order valence-corrected chi connectivity index (χ1v) is 12.4. The predicted octanol–water partition coefficient (Wildman–Crippen LogP) is 6.09. The van der Waals surface area contributed by atoms with Crippen LogP contribution in [0.4, 0.5) is 14.5 Å². The van der Waals surface area contributed by atoms with Crippen LogP contribution in [0.5, 0.6) is 17.2 Å². The van der Waals surface area contributed by atoms with Gasteiger partial charge in [0.2, 0.25) is 0 Å². The van der Waals surface area contributed by atoms with Crippen LogP contribution in [0, 0.1) is 18.6 Å². The average Bonchev–Trinajstić information content (AvgIpc) is 3.16. The van der Waals surface area contributed by atoms with Crippen molar-refractivity contribution in [2.75, 3.05) is 18.6 Å². The number of benzene rings is 3. The first-order valence-electron chi connectivity index (χ1n) is 12.4. The first kappa shape index (κ1) is 27.6. The first-order chi connectivity index (χ1) is 18.6. The number of aliphatic hydroxyl groups is 1. The maximum Gasteiger partial charge on any atom is 0.300 e. The number of carbonyl (C=O) groups excluding carboxylic acids is 2. The van der Waals surface area contributed by atoms with E-state index in [2.05, 4.69) is 0 Å². The van der Waals surface area contributed by atoms with Gasteiger partial charge in [-0.2, -0.15) is 0 Å². The van der Waals surface area contributed by atoms with Crippen molar-refractivity contribution in [3.8, 4) is 17.2 Å². The zero-order valence-electron chi connectivity index (χ0n) is 22.2. The molecule has 1 N–H and O–H groups in total. The van der Waals surface area contributed by atoms with Crippen molar-refractivity contribution < 1.29 is 37.7 Å². The van der Waals surface area contributed by atoms with Crippen LogP contribution in [0.25, 0.3) is 5.76 Å². The van der Waals surface area contributed by atoms with E-state index in [4.69, 9.17) is 14.2 Å². The molecule has 1 atom stereocenters. The Morgan fingerprint density at radius 2 is 1.69 bits per heavy atom. The van der Waals surface area contributed by atoms with Gasteiger partial charge in [0, 0.05) is 17.3 Å². The molecule has 0 aliphatic carbocycles. The SMILES string of the molecule is CCOc1cc(C2/C(=C(\O)c3ccc(OC(C)C)c(C)c3)C(=O)C(=O)N2c2ccc(F)c(F)c2)ccc1OC. The second kappa shape index (κ2) is 11.1. The average molecular weight is 538 g/mol. The van der Waals surface area contributed by atoms with Gasteiger partial charge in [0.15, 0.2) is 23.1 Å². The van der Waals surface area contributed by atoms with Gasteiger partial charge in [-0.25, -0.2) is 8.78 Å². The van der Waals surface area contributed by atoms with Gasteiger partial charge in [-0.1, -0.05) is 6.07 Å². The van der Waals surface area contributed by atoms with Crippen LogP contribution < -0.4 is 19.1 Å². The normalized spacial score (nSPS) is 16.6. The van der Waals surface area contributed by atoms with Crippen LogP contribution in [0.1, 0.15) is 43.5 Å². The number of rotatable bonds is 8. The smallest absolute Gasteiger partial charge is 0.300 e. The second-order valence-corrected chi connectivity index (χ2v) is 9.26. The molecular weight excluding hydrogens is 508 g/mol. The number of hydrogen-bond donors (Lipinski definition) is 1. The Bertz CT molecular complexity index is 1470. The summed E-state index contributed by atoms with van der Waals surface area (Å²) in [6.45, 7) is 7.67. The number of aliphatic hydroxyl groups excluding tert-OH is 1. The van der Waals surface area contributed by atoms with E-state index in [9.17, 15) is 23.5 Å². The summed E-state index contributed by atoms with van der Waals surface area (Å²) in [6, 6.07) is 11.4. The van der Waals surface area contributed by atoms with Gasteiger partial charge >= 0.3 is 0 Å². The third-order valence-electron chi connectivity index (χ3n) is 6.24. The van der Waals surface area contributed by atoms with Gasteiger partial charge in [0.05, 0.1) is 31.4 Å². The van der Waals surface area contributed by atoms with Crippen molar-refractivity contribution >= 4 is 23.1 Å². The molecular formula is C30H29F2NO6. The zero-order chi connectivity index (χ0) is 28.4. The number of halogens is 2. The zero-order valence-corrected chi connectivity index (χ0v) is 22.2. The van der Waals surface area contributed by atoms with Gasteiger partial charge < -0.3 is 19.3 Å². The number of aryl methyl sites for hydroxylation is 1. The van der Waals surface area contributed by atoms with Crippen molar-refractivity contribution in [2.24, 2.45) is 0 Å². The fourth-order valence-electron chi connectivity index (χ4n) is 4.52. The molecule has 9 heteroatoms. The molecule has 1 amide bonds. The highest BCUT2D eigenvalue weighted by Gasteiger charge is 2.47. The van der Waals surface area contributed by atoms with E-state index in [0.717, 1.165) is 17.0 Å². The van der Waals surface area contributed by atoms with E-state index >= 15 is 0 Å². The molecule has 7 nitrogen and oxygen atoms in total. The van der Waals surface area contributed by atoms with E-state index in [-0.39, 0.29) is 22.9 Å². The molecule has 3 aromatic carbocycles. The number of hydrogen-bond acceptors (Lipinski definition) is 6. The van der Waals surface area contributed by atoms with E-state index < -0.39 is 35.1 Å². The number of nitrogens with zero attached hydrogens (tertiary/aromatic N) is 1. The van der Waals surface area contributed by atoms with Crippen LogP contribution in [-0.4, -0.2) is 36.6 Å². The highest BCUT2D eigenvalue weighted by atomic mass is 19.2. The minimum atomic E-state index is -1.19. The van der Waals surface area contributed by atoms with Crippen LogP contribution in [0.3, 0.4) is 0 Å². The van der Waals surface area contributed by atoms with Crippen molar-refractivity contribution in [3.05, 3.63) is 88.5 Å². The lowest BCUT2D eigenvalue weighted by atomic mass is 9.94. The fourth-order valence-corrected chi connectivity index (χ4v) is 4.52. The molecule has 1 fully saturated rings. The number of ketones is 1. The minimum Gasteiger partial charge on any atom is -0.507 e. The van der Waals surface area contributed by atoms with Crippen LogP contribution in [0.15, 0.2) is 60.2 Å². The van der Waals surface area contributed by atoms with Crippen LogP contribution in [-0.2, 0) is 9.59 Å². The molecule has 1 aliphatic rings. The lowest BCUT2D eigenvalue weighted by molar-refractivity contribution is -0.132. The molecule has 1 unspecified atom stereocenters. The summed E-state index contributed by atoms with van der Waals surface area (Å²) in [4.78, 5) is 27.8. The summed E-state index contributed by atoms with van der Waals surface area (Å²) in [7, 11) is 1.47. The number of amides is 1. The van der Waals surface area contributed by atoms with Gasteiger partial charge in [-0.15, -0.1) is 0 Å². The Kier molecular flexibility index (Phi) is 7.90. The molecule has 204 valence electrons. The Labute approximate surface area is 225 Å². The van der Waals surface area contributed by atoms with Gasteiger partial charge in [0.25, 0.3) is 11.7 Å². The highest BCUT2D eigenvalue weighted by Crippen LogP contribution is 2.44. The largest absolute Gasteiger partial charge is 0.507 e. The Morgan fingerprint density at radius 1 is 0.974 bits per heavy atom. The maximum atomic E-state index is 14.2. The number of anilines is 1.